The summed E-state index contributed by atoms with van der Waals surface area (Å²) in [6, 6.07) is 0.505. The van der Waals surface area contributed by atoms with Crippen LogP contribution in [-0.4, -0.2) is 19.9 Å². The fourth-order valence-electron chi connectivity index (χ4n) is 0.917. The summed E-state index contributed by atoms with van der Waals surface area (Å²) in [6.07, 6.45) is 3.21. The predicted octanol–water partition coefficient (Wildman–Crippen LogP) is -0.220. The van der Waals surface area contributed by atoms with Crippen molar-refractivity contribution in [2.75, 3.05) is 6.54 Å². The topological polar surface area (TPSA) is 24.1 Å². The molecule has 9 heavy (non-hydrogen) atoms. The zero-order valence-corrected chi connectivity index (χ0v) is 5.85. The van der Waals surface area contributed by atoms with Crippen LogP contribution < -0.4 is 10.6 Å². The van der Waals surface area contributed by atoms with Crippen LogP contribution in [0.4, 0.5) is 0 Å². The van der Waals surface area contributed by atoms with Crippen LogP contribution in [0.2, 0.25) is 0 Å². The molecule has 0 bridgehead atoms. The van der Waals surface area contributed by atoms with Gasteiger partial charge in [-0.1, -0.05) is 12.9 Å². The molecule has 2 N–H and O–H groups in total. The van der Waals surface area contributed by atoms with E-state index in [0.29, 0.717) is 6.07 Å². The van der Waals surface area contributed by atoms with Gasteiger partial charge in [0.15, 0.2) is 7.28 Å². The van der Waals surface area contributed by atoms with Crippen LogP contribution in [0.3, 0.4) is 0 Å². The van der Waals surface area contributed by atoms with Gasteiger partial charge in [0.2, 0.25) is 0 Å². The minimum Gasteiger partial charge on any atom is -0.384 e. The molecule has 3 heteroatoms. The first-order chi connectivity index (χ1) is 4.43. The molecule has 0 saturated carbocycles. The average molecular weight is 124 g/mol. The van der Waals surface area contributed by atoms with Crippen LogP contribution in [0.5, 0.6) is 0 Å². The summed E-state index contributed by atoms with van der Waals surface area (Å²) in [4.78, 5) is 0. The maximum Gasteiger partial charge on any atom is 0.195 e. The Balaban J connectivity index is 2.01. The molecule has 0 spiro atoms. The molecular formula is C6H13BN2. The Morgan fingerprint density at radius 3 is 3.22 bits per heavy atom. The molecule has 0 fully saturated rings. The third kappa shape index (κ3) is 2.10. The van der Waals surface area contributed by atoms with E-state index in [1.807, 2.05) is 6.20 Å². The number of nitrogens with one attached hydrogen (secondary N) is 2. The Bertz CT molecular complexity index is 95.2. The van der Waals surface area contributed by atoms with Gasteiger partial charge in [-0.15, -0.1) is 0 Å². The summed E-state index contributed by atoms with van der Waals surface area (Å²) < 4.78 is 0. The van der Waals surface area contributed by atoms with Crippen LogP contribution in [-0.2, 0) is 0 Å². The molecule has 0 radical (unpaired) electrons. The molecule has 50 valence electrons. The highest BCUT2D eigenvalue weighted by atomic mass is 15.1. The van der Waals surface area contributed by atoms with Gasteiger partial charge in [-0.05, 0) is 19.2 Å². The second-order valence-corrected chi connectivity index (χ2v) is 2.31. The zero-order valence-electron chi connectivity index (χ0n) is 5.85. The van der Waals surface area contributed by atoms with E-state index in [-0.39, 0.29) is 0 Å². The van der Waals surface area contributed by atoms with Crippen molar-refractivity contribution in [1.82, 2.24) is 10.6 Å². The second kappa shape index (κ2) is 3.56. The van der Waals surface area contributed by atoms with Crippen molar-refractivity contribution in [2.24, 2.45) is 0 Å². The van der Waals surface area contributed by atoms with Crippen molar-refractivity contribution in [3.63, 3.8) is 0 Å². The lowest BCUT2D eigenvalue weighted by atomic mass is 9.77. The van der Waals surface area contributed by atoms with E-state index < -0.39 is 0 Å². The highest BCUT2D eigenvalue weighted by Gasteiger charge is 2.07. The average Bonchev–Trinajstić information content (AvgIpc) is 2.34. The molecule has 1 aliphatic rings. The number of hydrogen-bond acceptors (Lipinski definition) is 2. The molecule has 0 amide bonds. The molecule has 0 saturated heterocycles. The molecule has 0 aromatic rings. The Labute approximate surface area is 57.0 Å². The van der Waals surface area contributed by atoms with Crippen LogP contribution in [0, 0.1) is 0 Å². The molecule has 2 nitrogen and oxygen atoms in total. The zero-order chi connectivity index (χ0) is 6.53. The number of hydrogen-bond donors (Lipinski definition) is 2. The molecule has 0 aliphatic carbocycles. The van der Waals surface area contributed by atoms with E-state index >= 15 is 0 Å². The first kappa shape index (κ1) is 6.68. The fraction of sp³-hybridized carbons (Fsp3) is 0.667. The Morgan fingerprint density at radius 2 is 2.67 bits per heavy atom. The first-order valence-corrected chi connectivity index (χ1v) is 3.58. The summed E-state index contributed by atoms with van der Waals surface area (Å²) in [6.45, 7) is 3.29. The highest BCUT2D eigenvalue weighted by Crippen LogP contribution is 1.85. The minimum absolute atomic E-state index is 0.505. The normalized spacial score (nSPS) is 23.4. The summed E-state index contributed by atoms with van der Waals surface area (Å²) in [5.74, 6) is 2.15. The minimum atomic E-state index is 0.505. The fourth-order valence-corrected chi connectivity index (χ4v) is 0.917. The van der Waals surface area contributed by atoms with Crippen LogP contribution >= 0.6 is 0 Å². The van der Waals surface area contributed by atoms with Crippen molar-refractivity contribution >= 4 is 7.28 Å². The summed E-state index contributed by atoms with van der Waals surface area (Å²) in [7, 11) is 1.12. The largest absolute Gasteiger partial charge is 0.384 e. The third-order valence-corrected chi connectivity index (χ3v) is 1.43. The molecule has 1 unspecified atom stereocenters. The Kier molecular flexibility index (Phi) is 2.65. The van der Waals surface area contributed by atoms with Gasteiger partial charge in [0.05, 0.1) is 0 Å². The maximum atomic E-state index is 3.36. The van der Waals surface area contributed by atoms with Gasteiger partial charge in [0, 0.05) is 6.07 Å². The van der Waals surface area contributed by atoms with E-state index in [4.69, 9.17) is 0 Å². The van der Waals surface area contributed by atoms with Crippen molar-refractivity contribution in [2.45, 2.75) is 19.4 Å². The number of rotatable bonds is 3. The van der Waals surface area contributed by atoms with Gasteiger partial charge in [0.25, 0.3) is 0 Å². The van der Waals surface area contributed by atoms with Crippen molar-refractivity contribution in [1.29, 1.82) is 0 Å². The van der Waals surface area contributed by atoms with Crippen LogP contribution in [0.1, 0.15) is 13.3 Å². The summed E-state index contributed by atoms with van der Waals surface area (Å²) in [5.41, 5.74) is 0. The van der Waals surface area contributed by atoms with Crippen molar-refractivity contribution < 1.29 is 0 Å². The molecule has 0 aromatic carbocycles. The smallest absolute Gasteiger partial charge is 0.195 e. The predicted molar refractivity (Wildman–Crippen MR) is 41.5 cm³/mol. The van der Waals surface area contributed by atoms with Crippen molar-refractivity contribution in [3.05, 3.63) is 12.2 Å². The highest BCUT2D eigenvalue weighted by molar-refractivity contribution is 6.45. The third-order valence-electron chi connectivity index (χ3n) is 1.43. The van der Waals surface area contributed by atoms with Gasteiger partial charge < -0.3 is 10.6 Å². The molecule has 1 heterocycles. The lowest BCUT2D eigenvalue weighted by Crippen LogP contribution is -2.40. The summed E-state index contributed by atoms with van der Waals surface area (Å²) in [5, 5.41) is 6.56. The van der Waals surface area contributed by atoms with Gasteiger partial charge in [-0.2, -0.15) is 0 Å². The van der Waals surface area contributed by atoms with Gasteiger partial charge >= 0.3 is 0 Å². The summed E-state index contributed by atoms with van der Waals surface area (Å²) >= 11 is 0. The molecular weight excluding hydrogens is 111 g/mol. The molecule has 0 aromatic heterocycles. The van der Waals surface area contributed by atoms with E-state index in [1.165, 1.54) is 6.42 Å². The monoisotopic (exact) mass is 124 g/mol. The first-order valence-electron chi connectivity index (χ1n) is 3.58. The Morgan fingerprint density at radius 1 is 1.78 bits per heavy atom. The Hall–Kier alpha value is -0.435. The molecule has 1 rings (SSSR count). The van der Waals surface area contributed by atoms with Crippen LogP contribution in [0.25, 0.3) is 0 Å². The lowest BCUT2D eigenvalue weighted by molar-refractivity contribution is 0.595. The van der Waals surface area contributed by atoms with Gasteiger partial charge in [-0.3, -0.25) is 0 Å². The molecule has 1 atom stereocenters. The standard InChI is InChI=1S/C6H13BN2/c1-2-4-8-6-7-3-5-9-6/h3,5-9H,2,4H2,1H3. The van der Waals surface area contributed by atoms with E-state index in [1.54, 1.807) is 0 Å². The van der Waals surface area contributed by atoms with Gasteiger partial charge in [0.1, 0.15) is 0 Å². The van der Waals surface area contributed by atoms with Crippen LogP contribution in [0.15, 0.2) is 12.2 Å². The van der Waals surface area contributed by atoms with Crippen molar-refractivity contribution in [3.8, 4) is 0 Å². The molecule has 1 aliphatic heterocycles. The maximum absolute atomic E-state index is 3.36. The van der Waals surface area contributed by atoms with E-state index in [0.717, 1.165) is 13.8 Å². The van der Waals surface area contributed by atoms with E-state index in [2.05, 4.69) is 23.5 Å². The quantitative estimate of drug-likeness (QED) is 0.508. The second-order valence-electron chi connectivity index (χ2n) is 2.31. The van der Waals surface area contributed by atoms with Gasteiger partial charge in [-0.25, -0.2) is 0 Å². The SMILES string of the molecule is CCCNC1BC=CN1. The van der Waals surface area contributed by atoms with E-state index in [9.17, 15) is 0 Å². The lowest BCUT2D eigenvalue weighted by Gasteiger charge is -2.10.